The number of hydrogen-bond acceptors (Lipinski definition) is 2. The molecule has 0 bridgehead atoms. The molecule has 0 aromatic carbocycles. The van der Waals surface area contributed by atoms with E-state index in [0.717, 1.165) is 32.4 Å². The van der Waals surface area contributed by atoms with Crippen LogP contribution in [0.3, 0.4) is 0 Å². The summed E-state index contributed by atoms with van der Waals surface area (Å²) in [5, 5.41) is 6.56. The molecule has 0 saturated carbocycles. The molecule has 0 radical (unpaired) electrons. The van der Waals surface area contributed by atoms with Crippen molar-refractivity contribution < 1.29 is 4.39 Å². The Morgan fingerprint density at radius 1 is 1.14 bits per heavy atom. The van der Waals surface area contributed by atoms with Crippen molar-refractivity contribution in [2.24, 2.45) is 5.92 Å². The lowest BCUT2D eigenvalue weighted by Gasteiger charge is -2.33. The summed E-state index contributed by atoms with van der Waals surface area (Å²) in [4.78, 5) is 0. The molecule has 4 unspecified atom stereocenters. The molecule has 14 heavy (non-hydrogen) atoms. The summed E-state index contributed by atoms with van der Waals surface area (Å²) in [5.41, 5.74) is 0. The maximum Gasteiger partial charge on any atom is 0.131 e. The standard InChI is InChI=1S/C11H21FN2/c1-8-4-6-14-10(7-8)11(12)9-3-2-5-13-9/h8-11,13-14H,2-7H2,1H3. The average Bonchev–Trinajstić information content (AvgIpc) is 2.69. The first-order valence-electron chi connectivity index (χ1n) is 5.88. The maximum absolute atomic E-state index is 14.0. The normalized spacial score (nSPS) is 41.1. The largest absolute Gasteiger partial charge is 0.311 e. The van der Waals surface area contributed by atoms with Gasteiger partial charge in [-0.3, -0.25) is 0 Å². The van der Waals surface area contributed by atoms with Crippen LogP contribution in [0.25, 0.3) is 0 Å². The molecule has 0 aliphatic carbocycles. The van der Waals surface area contributed by atoms with Gasteiger partial charge in [-0.05, 0) is 44.7 Å². The van der Waals surface area contributed by atoms with E-state index in [-0.39, 0.29) is 12.1 Å². The quantitative estimate of drug-likeness (QED) is 0.705. The fourth-order valence-electron chi connectivity index (χ4n) is 2.66. The zero-order chi connectivity index (χ0) is 9.97. The number of hydrogen-bond donors (Lipinski definition) is 2. The fraction of sp³-hybridized carbons (Fsp3) is 1.00. The second-order valence-corrected chi connectivity index (χ2v) is 4.84. The average molecular weight is 200 g/mol. The van der Waals surface area contributed by atoms with Gasteiger partial charge in [-0.2, -0.15) is 0 Å². The van der Waals surface area contributed by atoms with Crippen LogP contribution in [0.5, 0.6) is 0 Å². The molecule has 2 fully saturated rings. The Labute approximate surface area is 85.6 Å². The predicted octanol–water partition coefficient (Wildman–Crippen LogP) is 1.46. The fourth-order valence-corrected chi connectivity index (χ4v) is 2.66. The Bertz CT molecular complexity index is 180. The second kappa shape index (κ2) is 4.58. The molecule has 2 rings (SSSR count). The first-order valence-corrected chi connectivity index (χ1v) is 5.88. The first kappa shape index (κ1) is 10.4. The first-order chi connectivity index (χ1) is 6.77. The third kappa shape index (κ3) is 2.26. The Morgan fingerprint density at radius 3 is 2.57 bits per heavy atom. The van der Waals surface area contributed by atoms with Crippen LogP contribution in [-0.2, 0) is 0 Å². The van der Waals surface area contributed by atoms with Gasteiger partial charge in [-0.1, -0.05) is 6.92 Å². The van der Waals surface area contributed by atoms with E-state index in [4.69, 9.17) is 0 Å². The third-order valence-electron chi connectivity index (χ3n) is 3.57. The lowest BCUT2D eigenvalue weighted by Crippen LogP contribution is -2.50. The molecule has 2 aliphatic heterocycles. The van der Waals surface area contributed by atoms with Gasteiger partial charge < -0.3 is 10.6 Å². The van der Waals surface area contributed by atoms with Crippen LogP contribution < -0.4 is 10.6 Å². The van der Waals surface area contributed by atoms with E-state index in [1.54, 1.807) is 0 Å². The molecule has 4 atom stereocenters. The summed E-state index contributed by atoms with van der Waals surface area (Å²) < 4.78 is 14.0. The summed E-state index contributed by atoms with van der Waals surface area (Å²) >= 11 is 0. The minimum Gasteiger partial charge on any atom is -0.311 e. The lowest BCUT2D eigenvalue weighted by molar-refractivity contribution is 0.158. The van der Waals surface area contributed by atoms with E-state index in [9.17, 15) is 4.39 Å². The van der Waals surface area contributed by atoms with E-state index >= 15 is 0 Å². The Hall–Kier alpha value is -0.150. The molecule has 2 nitrogen and oxygen atoms in total. The number of halogens is 1. The van der Waals surface area contributed by atoms with Gasteiger partial charge in [0, 0.05) is 12.1 Å². The van der Waals surface area contributed by atoms with E-state index in [1.165, 1.54) is 6.42 Å². The van der Waals surface area contributed by atoms with Crippen molar-refractivity contribution in [2.75, 3.05) is 13.1 Å². The Balaban J connectivity index is 1.86. The van der Waals surface area contributed by atoms with Crippen molar-refractivity contribution in [2.45, 2.75) is 50.9 Å². The maximum atomic E-state index is 14.0. The van der Waals surface area contributed by atoms with Crippen LogP contribution in [0, 0.1) is 5.92 Å². The van der Waals surface area contributed by atoms with E-state index < -0.39 is 6.17 Å². The zero-order valence-electron chi connectivity index (χ0n) is 8.93. The van der Waals surface area contributed by atoms with Gasteiger partial charge in [-0.15, -0.1) is 0 Å². The highest BCUT2D eigenvalue weighted by Crippen LogP contribution is 2.23. The highest BCUT2D eigenvalue weighted by molar-refractivity contribution is 4.91. The summed E-state index contributed by atoms with van der Waals surface area (Å²) in [6, 6.07) is 0.201. The molecule has 3 heteroatoms. The minimum atomic E-state index is -0.694. The number of rotatable bonds is 2. The van der Waals surface area contributed by atoms with E-state index in [1.807, 2.05) is 0 Å². The topological polar surface area (TPSA) is 24.1 Å². The Morgan fingerprint density at radius 2 is 1.93 bits per heavy atom. The van der Waals surface area contributed by atoms with Crippen LogP contribution >= 0.6 is 0 Å². The predicted molar refractivity (Wildman–Crippen MR) is 56.1 cm³/mol. The van der Waals surface area contributed by atoms with Crippen molar-refractivity contribution in [3.8, 4) is 0 Å². The number of alkyl halides is 1. The molecule has 0 aromatic heterocycles. The smallest absolute Gasteiger partial charge is 0.131 e. The summed E-state index contributed by atoms with van der Waals surface area (Å²) in [6.07, 6.45) is 3.64. The van der Waals surface area contributed by atoms with Gasteiger partial charge >= 0.3 is 0 Å². The minimum absolute atomic E-state index is 0.0920. The van der Waals surface area contributed by atoms with Gasteiger partial charge in [0.2, 0.25) is 0 Å². The van der Waals surface area contributed by atoms with Crippen LogP contribution in [-0.4, -0.2) is 31.3 Å². The molecule has 2 aliphatic rings. The van der Waals surface area contributed by atoms with Crippen LogP contribution in [0.2, 0.25) is 0 Å². The van der Waals surface area contributed by atoms with Gasteiger partial charge in [-0.25, -0.2) is 4.39 Å². The van der Waals surface area contributed by atoms with Crippen molar-refractivity contribution in [1.82, 2.24) is 10.6 Å². The van der Waals surface area contributed by atoms with Crippen molar-refractivity contribution in [1.29, 1.82) is 0 Å². The monoisotopic (exact) mass is 200 g/mol. The molecule has 2 N–H and O–H groups in total. The van der Waals surface area contributed by atoms with Crippen LogP contribution in [0.15, 0.2) is 0 Å². The highest BCUT2D eigenvalue weighted by Gasteiger charge is 2.33. The molecule has 2 heterocycles. The van der Waals surface area contributed by atoms with Crippen molar-refractivity contribution in [3.05, 3.63) is 0 Å². The summed E-state index contributed by atoms with van der Waals surface area (Å²) in [6.45, 7) is 4.20. The highest BCUT2D eigenvalue weighted by atomic mass is 19.1. The SMILES string of the molecule is CC1CCNC(C(F)C2CCCN2)C1. The Kier molecular flexibility index (Phi) is 3.39. The van der Waals surface area contributed by atoms with Gasteiger partial charge in [0.05, 0.1) is 0 Å². The van der Waals surface area contributed by atoms with Crippen LogP contribution in [0.1, 0.15) is 32.6 Å². The third-order valence-corrected chi connectivity index (χ3v) is 3.57. The zero-order valence-corrected chi connectivity index (χ0v) is 8.93. The molecule has 0 aromatic rings. The molecule has 82 valence electrons. The summed E-state index contributed by atoms with van der Waals surface area (Å²) in [7, 11) is 0. The van der Waals surface area contributed by atoms with Gasteiger partial charge in [0.25, 0.3) is 0 Å². The summed E-state index contributed by atoms with van der Waals surface area (Å²) in [5.74, 6) is 0.681. The molecule has 0 amide bonds. The number of nitrogens with one attached hydrogen (secondary N) is 2. The van der Waals surface area contributed by atoms with Crippen molar-refractivity contribution in [3.63, 3.8) is 0 Å². The lowest BCUT2D eigenvalue weighted by atomic mass is 9.89. The van der Waals surface area contributed by atoms with Crippen LogP contribution in [0.4, 0.5) is 4.39 Å². The molecular weight excluding hydrogens is 179 g/mol. The van der Waals surface area contributed by atoms with Gasteiger partial charge in [0.15, 0.2) is 0 Å². The molecular formula is C11H21FN2. The molecule has 0 spiro atoms. The van der Waals surface area contributed by atoms with Crippen molar-refractivity contribution >= 4 is 0 Å². The van der Waals surface area contributed by atoms with E-state index in [2.05, 4.69) is 17.6 Å². The van der Waals surface area contributed by atoms with E-state index in [0.29, 0.717) is 5.92 Å². The van der Waals surface area contributed by atoms with Gasteiger partial charge in [0.1, 0.15) is 6.17 Å². The molecule has 2 saturated heterocycles. The second-order valence-electron chi connectivity index (χ2n) is 4.84. The number of piperidine rings is 1.